The molecular formula is C16H18N2O6S2. The van der Waals surface area contributed by atoms with Crippen LogP contribution in [0.1, 0.15) is 22.8 Å². The second-order valence-corrected chi connectivity index (χ2v) is 8.14. The second kappa shape index (κ2) is 7.85. The highest BCUT2D eigenvalue weighted by Crippen LogP contribution is 2.25. The fraction of sp³-hybridized carbons (Fsp3) is 0.250. The molecule has 0 bridgehead atoms. The number of nitrogens with one attached hydrogen (secondary N) is 1. The van der Waals surface area contributed by atoms with Gasteiger partial charge in [-0.2, -0.15) is 0 Å². The van der Waals surface area contributed by atoms with Gasteiger partial charge in [0.25, 0.3) is 5.91 Å². The van der Waals surface area contributed by atoms with Crippen LogP contribution in [0.3, 0.4) is 0 Å². The molecule has 0 saturated heterocycles. The summed E-state index contributed by atoms with van der Waals surface area (Å²) < 4.78 is 32.6. The van der Waals surface area contributed by atoms with Crippen LogP contribution in [0, 0.1) is 6.92 Å². The highest BCUT2D eigenvalue weighted by Gasteiger charge is 2.22. The first-order chi connectivity index (χ1) is 12.1. The Labute approximate surface area is 155 Å². The van der Waals surface area contributed by atoms with Gasteiger partial charge < -0.3 is 14.8 Å². The van der Waals surface area contributed by atoms with Crippen LogP contribution < -0.4 is 15.2 Å². The fourth-order valence-corrected chi connectivity index (χ4v) is 3.58. The minimum Gasteiger partial charge on any atom is -0.495 e. The van der Waals surface area contributed by atoms with Gasteiger partial charge in [-0.05, 0) is 37.6 Å². The maximum Gasteiger partial charge on any atom is 0.339 e. The lowest BCUT2D eigenvalue weighted by Crippen LogP contribution is -2.30. The first-order valence-electron chi connectivity index (χ1n) is 7.39. The van der Waals surface area contributed by atoms with Crippen molar-refractivity contribution in [3.8, 4) is 5.75 Å². The third-order valence-corrected chi connectivity index (χ3v) is 5.74. The second-order valence-electron chi connectivity index (χ2n) is 5.44. The summed E-state index contributed by atoms with van der Waals surface area (Å²) in [7, 11) is -2.42. The highest BCUT2D eigenvalue weighted by atomic mass is 32.2. The van der Waals surface area contributed by atoms with E-state index in [-0.39, 0.29) is 9.77 Å². The van der Waals surface area contributed by atoms with E-state index in [4.69, 9.17) is 14.6 Å². The van der Waals surface area contributed by atoms with E-state index >= 15 is 0 Å². The number of nitrogens with two attached hydrogens (primary N) is 1. The van der Waals surface area contributed by atoms with Gasteiger partial charge in [-0.1, -0.05) is 6.07 Å². The van der Waals surface area contributed by atoms with E-state index in [1.54, 1.807) is 12.1 Å². The van der Waals surface area contributed by atoms with Crippen molar-refractivity contribution in [3.63, 3.8) is 0 Å². The molecule has 0 spiro atoms. The van der Waals surface area contributed by atoms with Crippen LogP contribution in [-0.2, 0) is 19.6 Å². The lowest BCUT2D eigenvalue weighted by atomic mass is 10.2. The van der Waals surface area contributed by atoms with Gasteiger partial charge in [0.2, 0.25) is 10.0 Å². The van der Waals surface area contributed by atoms with Crippen molar-refractivity contribution in [3.05, 3.63) is 40.8 Å². The van der Waals surface area contributed by atoms with Gasteiger partial charge in [0.15, 0.2) is 6.10 Å². The smallest absolute Gasteiger partial charge is 0.339 e. The van der Waals surface area contributed by atoms with E-state index in [1.165, 1.54) is 19.4 Å². The van der Waals surface area contributed by atoms with Gasteiger partial charge in [-0.3, -0.25) is 4.79 Å². The monoisotopic (exact) mass is 398 g/mol. The van der Waals surface area contributed by atoms with Crippen LogP contribution in [0.25, 0.3) is 0 Å². The number of ether oxygens (including phenoxy) is 2. The quantitative estimate of drug-likeness (QED) is 0.716. The Bertz CT molecular complexity index is 936. The largest absolute Gasteiger partial charge is 0.495 e. The van der Waals surface area contributed by atoms with Crippen LogP contribution in [-0.4, -0.2) is 33.5 Å². The van der Waals surface area contributed by atoms with Crippen molar-refractivity contribution in [1.29, 1.82) is 0 Å². The molecule has 0 aliphatic heterocycles. The number of rotatable bonds is 6. The summed E-state index contributed by atoms with van der Waals surface area (Å²) >= 11 is 0.799. The Morgan fingerprint density at radius 1 is 1.27 bits per heavy atom. The summed E-state index contributed by atoms with van der Waals surface area (Å²) in [5, 5.41) is 8.94. The number of hydrogen-bond donors (Lipinski definition) is 2. The standard InChI is InChI=1S/C16H18N2O6S2/c1-9-4-5-13(23-3)12(6-9)18-15(19)10(2)24-16(20)11-7-14(25-8-11)26(17,21)22/h4-8,10H,1-3H3,(H,18,19)(H2,17,21,22). The lowest BCUT2D eigenvalue weighted by molar-refractivity contribution is -0.123. The van der Waals surface area contributed by atoms with E-state index in [9.17, 15) is 18.0 Å². The molecule has 0 radical (unpaired) electrons. The summed E-state index contributed by atoms with van der Waals surface area (Å²) in [5.74, 6) is -0.905. The molecule has 0 aliphatic rings. The molecule has 1 heterocycles. The number of benzene rings is 1. The SMILES string of the molecule is COc1ccc(C)cc1NC(=O)C(C)OC(=O)c1csc(S(N)(=O)=O)c1. The third kappa shape index (κ3) is 4.81. The van der Waals surface area contributed by atoms with E-state index < -0.39 is 28.0 Å². The van der Waals surface area contributed by atoms with Crippen LogP contribution in [0.2, 0.25) is 0 Å². The Hall–Kier alpha value is -2.43. The van der Waals surface area contributed by atoms with E-state index in [1.807, 2.05) is 13.0 Å². The van der Waals surface area contributed by atoms with E-state index in [2.05, 4.69) is 5.32 Å². The van der Waals surface area contributed by atoms with Gasteiger partial charge >= 0.3 is 5.97 Å². The van der Waals surface area contributed by atoms with E-state index in [0.29, 0.717) is 11.4 Å². The maximum atomic E-state index is 12.3. The minimum atomic E-state index is -3.90. The van der Waals surface area contributed by atoms with Crippen molar-refractivity contribution in [2.24, 2.45) is 5.14 Å². The van der Waals surface area contributed by atoms with Gasteiger partial charge in [0, 0.05) is 5.38 Å². The Morgan fingerprint density at radius 2 is 1.96 bits per heavy atom. The summed E-state index contributed by atoms with van der Waals surface area (Å²) in [6.07, 6.45) is -1.11. The summed E-state index contributed by atoms with van der Waals surface area (Å²) in [5.41, 5.74) is 1.37. The van der Waals surface area contributed by atoms with Crippen molar-refractivity contribution in [2.75, 3.05) is 12.4 Å². The first-order valence-corrected chi connectivity index (χ1v) is 9.82. The predicted molar refractivity (Wildman–Crippen MR) is 96.9 cm³/mol. The molecule has 10 heteroatoms. The van der Waals surface area contributed by atoms with Crippen molar-refractivity contribution >= 4 is 38.9 Å². The number of anilines is 1. The van der Waals surface area contributed by atoms with Gasteiger partial charge in [0.1, 0.15) is 9.96 Å². The molecule has 8 nitrogen and oxygen atoms in total. The highest BCUT2D eigenvalue weighted by molar-refractivity contribution is 7.91. The van der Waals surface area contributed by atoms with Crippen LogP contribution in [0.4, 0.5) is 5.69 Å². The number of thiophene rings is 1. The van der Waals surface area contributed by atoms with E-state index in [0.717, 1.165) is 23.0 Å². The molecule has 1 aromatic heterocycles. The van der Waals surface area contributed by atoms with Crippen LogP contribution in [0.15, 0.2) is 33.9 Å². The maximum absolute atomic E-state index is 12.3. The van der Waals surface area contributed by atoms with Crippen molar-refractivity contribution < 1.29 is 27.5 Å². The van der Waals surface area contributed by atoms with Crippen LogP contribution >= 0.6 is 11.3 Å². The summed E-state index contributed by atoms with van der Waals surface area (Å²) in [6.45, 7) is 3.26. The molecule has 1 atom stereocenters. The number of carbonyl (C=O) groups is 2. The molecule has 2 rings (SSSR count). The minimum absolute atomic E-state index is 0.00631. The lowest BCUT2D eigenvalue weighted by Gasteiger charge is -2.15. The third-order valence-electron chi connectivity index (χ3n) is 3.36. The zero-order valence-electron chi connectivity index (χ0n) is 14.3. The normalized spacial score (nSPS) is 12.3. The van der Waals surface area contributed by atoms with Crippen LogP contribution in [0.5, 0.6) is 5.75 Å². The molecule has 0 fully saturated rings. The van der Waals surface area contributed by atoms with Gasteiger partial charge in [-0.15, -0.1) is 11.3 Å². The average molecular weight is 398 g/mol. The predicted octanol–water partition coefficient (Wildman–Crippen LogP) is 1.90. The Balaban J connectivity index is 2.06. The number of carbonyl (C=O) groups excluding carboxylic acids is 2. The average Bonchev–Trinajstić information content (AvgIpc) is 3.05. The number of hydrogen-bond acceptors (Lipinski definition) is 7. The molecule has 1 aromatic carbocycles. The summed E-state index contributed by atoms with van der Waals surface area (Å²) in [4.78, 5) is 24.3. The van der Waals surface area contributed by atoms with Crippen molar-refractivity contribution in [2.45, 2.75) is 24.2 Å². The van der Waals surface area contributed by atoms with Gasteiger partial charge in [-0.25, -0.2) is 18.4 Å². The first kappa shape index (κ1) is 19.9. The molecule has 1 amide bonds. The number of amides is 1. The Morgan fingerprint density at radius 3 is 2.54 bits per heavy atom. The molecule has 26 heavy (non-hydrogen) atoms. The topological polar surface area (TPSA) is 125 Å². The molecule has 0 saturated carbocycles. The zero-order valence-corrected chi connectivity index (χ0v) is 15.9. The number of methoxy groups -OCH3 is 1. The molecule has 2 aromatic rings. The number of sulfonamides is 1. The Kier molecular flexibility index (Phi) is 6.01. The number of esters is 1. The fourth-order valence-electron chi connectivity index (χ4n) is 2.01. The molecule has 0 aliphatic carbocycles. The molecular weight excluding hydrogens is 380 g/mol. The van der Waals surface area contributed by atoms with Crippen molar-refractivity contribution in [1.82, 2.24) is 0 Å². The zero-order chi connectivity index (χ0) is 19.5. The summed E-state index contributed by atoms with van der Waals surface area (Å²) in [6, 6.07) is 6.37. The molecule has 140 valence electrons. The molecule has 1 unspecified atom stereocenters. The number of aryl methyl sites for hydroxylation is 1. The van der Waals surface area contributed by atoms with Gasteiger partial charge in [0.05, 0.1) is 18.4 Å². The number of primary sulfonamides is 1. The molecule has 3 N–H and O–H groups in total.